The smallest absolute Gasteiger partial charge is 0.310 e. The Balaban J connectivity index is 2.53. The zero-order valence-electron chi connectivity index (χ0n) is 13.2. The van der Waals surface area contributed by atoms with Crippen LogP contribution in [0.15, 0.2) is 24.3 Å². The first-order valence-electron chi connectivity index (χ1n) is 6.94. The molecule has 0 radical (unpaired) electrons. The Kier molecular flexibility index (Phi) is 4.87. The second-order valence-electron chi connectivity index (χ2n) is 5.04. The highest BCUT2D eigenvalue weighted by molar-refractivity contribution is 7.87. The summed E-state index contributed by atoms with van der Waals surface area (Å²) in [5.74, 6) is 0.0610. The van der Waals surface area contributed by atoms with Crippen molar-refractivity contribution in [3.8, 4) is 11.6 Å². The van der Waals surface area contributed by atoms with Gasteiger partial charge >= 0.3 is 10.1 Å². The summed E-state index contributed by atoms with van der Waals surface area (Å²) >= 11 is 0. The molecule has 0 fully saturated rings. The highest BCUT2D eigenvalue weighted by atomic mass is 32.2. The predicted molar refractivity (Wildman–Crippen MR) is 83.8 cm³/mol. The van der Waals surface area contributed by atoms with Gasteiger partial charge in [-0.2, -0.15) is 18.2 Å². The van der Waals surface area contributed by atoms with Crippen LogP contribution in [-0.2, 0) is 21.5 Å². The van der Waals surface area contributed by atoms with E-state index in [0.717, 1.165) is 16.8 Å². The Morgan fingerprint density at radius 1 is 1.23 bits per heavy atom. The number of nitrogens with zero attached hydrogens (tertiary/aromatic N) is 2. The van der Waals surface area contributed by atoms with E-state index < -0.39 is 10.1 Å². The van der Waals surface area contributed by atoms with E-state index in [1.807, 2.05) is 32.0 Å². The van der Waals surface area contributed by atoms with Gasteiger partial charge in [0.1, 0.15) is 0 Å². The molecule has 0 saturated carbocycles. The molecule has 2 rings (SSSR count). The molecule has 22 heavy (non-hydrogen) atoms. The van der Waals surface area contributed by atoms with Crippen molar-refractivity contribution in [1.82, 2.24) is 9.78 Å². The maximum atomic E-state index is 11.8. The lowest BCUT2D eigenvalue weighted by atomic mass is 10.1. The van der Waals surface area contributed by atoms with E-state index in [0.29, 0.717) is 5.69 Å². The molecule has 7 heteroatoms. The molecular formula is C15H20N2O4S. The number of hydrogen-bond donors (Lipinski definition) is 0. The number of ether oxygens (including phenoxy) is 1. The van der Waals surface area contributed by atoms with Crippen LogP contribution in [0.25, 0.3) is 5.69 Å². The molecule has 0 spiro atoms. The molecular weight excluding hydrogens is 304 g/mol. The minimum absolute atomic E-state index is 0.106. The van der Waals surface area contributed by atoms with Crippen LogP contribution in [0.4, 0.5) is 0 Å². The second-order valence-corrected chi connectivity index (χ2v) is 6.90. The van der Waals surface area contributed by atoms with Crippen LogP contribution >= 0.6 is 0 Å². The fourth-order valence-corrected chi connectivity index (χ4v) is 2.59. The normalized spacial score (nSPS) is 11.6. The molecule has 1 aromatic carbocycles. The first-order chi connectivity index (χ1) is 10.4. The Bertz CT molecular complexity index is 766. The van der Waals surface area contributed by atoms with Crippen LogP contribution in [0, 0.1) is 13.8 Å². The van der Waals surface area contributed by atoms with Gasteiger partial charge in [0.25, 0.3) is 0 Å². The minimum Gasteiger partial charge on any atom is -0.378 e. The average Bonchev–Trinajstić information content (AvgIpc) is 2.81. The van der Waals surface area contributed by atoms with Crippen LogP contribution in [0.5, 0.6) is 5.88 Å². The van der Waals surface area contributed by atoms with Gasteiger partial charge in [0.05, 0.1) is 23.7 Å². The molecule has 0 bridgehead atoms. The van der Waals surface area contributed by atoms with Gasteiger partial charge in [-0.25, -0.2) is 0 Å². The fourth-order valence-electron chi connectivity index (χ4n) is 2.09. The molecule has 0 amide bonds. The highest BCUT2D eigenvalue weighted by Crippen LogP contribution is 2.24. The van der Waals surface area contributed by atoms with Crippen molar-refractivity contribution >= 4 is 10.1 Å². The Hall–Kier alpha value is -1.86. The molecule has 0 saturated heterocycles. The van der Waals surface area contributed by atoms with Crippen molar-refractivity contribution in [2.45, 2.75) is 27.4 Å². The molecule has 1 aromatic heterocycles. The molecule has 0 aliphatic heterocycles. The second kappa shape index (κ2) is 6.50. The van der Waals surface area contributed by atoms with Gasteiger partial charge in [0.15, 0.2) is 0 Å². The van der Waals surface area contributed by atoms with E-state index in [2.05, 4.69) is 5.10 Å². The number of methoxy groups -OCH3 is 1. The van der Waals surface area contributed by atoms with Crippen molar-refractivity contribution in [3.05, 3.63) is 41.1 Å². The third-order valence-corrected chi connectivity index (χ3v) is 4.30. The molecule has 1 heterocycles. The van der Waals surface area contributed by atoms with Crippen LogP contribution in [0.2, 0.25) is 0 Å². The van der Waals surface area contributed by atoms with E-state index in [1.165, 1.54) is 11.6 Å². The third-order valence-electron chi connectivity index (χ3n) is 3.17. The van der Waals surface area contributed by atoms with E-state index in [-0.39, 0.29) is 18.2 Å². The van der Waals surface area contributed by atoms with Crippen molar-refractivity contribution in [1.29, 1.82) is 0 Å². The zero-order chi connectivity index (χ0) is 16.3. The van der Waals surface area contributed by atoms with E-state index in [1.54, 1.807) is 13.2 Å². The molecule has 0 N–H and O–H groups in total. The van der Waals surface area contributed by atoms with Gasteiger partial charge in [0, 0.05) is 13.2 Å². The lowest BCUT2D eigenvalue weighted by Gasteiger charge is -2.11. The summed E-state index contributed by atoms with van der Waals surface area (Å²) in [6.07, 6.45) is 0. The van der Waals surface area contributed by atoms with Crippen molar-refractivity contribution in [2.75, 3.05) is 12.9 Å². The third kappa shape index (κ3) is 3.66. The SMILES string of the molecule is CCS(=O)(=O)Oc1cc(COC)nn1-c1ccc(C)cc1C. The molecule has 0 aliphatic rings. The highest BCUT2D eigenvalue weighted by Gasteiger charge is 2.18. The van der Waals surface area contributed by atoms with Crippen molar-refractivity contribution < 1.29 is 17.3 Å². The summed E-state index contributed by atoms with van der Waals surface area (Å²) in [7, 11) is -2.07. The monoisotopic (exact) mass is 324 g/mol. The standard InChI is InChI=1S/C15H20N2O4S/c1-5-22(18,19)21-15-9-13(10-20-4)16-17(15)14-7-6-11(2)8-12(14)3/h6-9H,5,10H2,1-4H3. The van der Waals surface area contributed by atoms with Gasteiger partial charge in [-0.15, -0.1) is 0 Å². The molecule has 0 unspecified atom stereocenters. The topological polar surface area (TPSA) is 70.4 Å². The van der Waals surface area contributed by atoms with Crippen molar-refractivity contribution in [3.63, 3.8) is 0 Å². The summed E-state index contributed by atoms with van der Waals surface area (Å²) in [5, 5.41) is 4.38. The lowest BCUT2D eigenvalue weighted by molar-refractivity contribution is 0.181. The maximum Gasteiger partial charge on any atom is 0.310 e. The van der Waals surface area contributed by atoms with E-state index in [4.69, 9.17) is 8.92 Å². The number of rotatable bonds is 6. The van der Waals surface area contributed by atoms with Gasteiger partial charge in [-0.05, 0) is 32.4 Å². The Labute approximate surface area is 130 Å². The van der Waals surface area contributed by atoms with Gasteiger partial charge < -0.3 is 8.92 Å². The molecule has 6 nitrogen and oxygen atoms in total. The Morgan fingerprint density at radius 2 is 1.95 bits per heavy atom. The van der Waals surface area contributed by atoms with Crippen LogP contribution in [-0.4, -0.2) is 31.1 Å². The average molecular weight is 324 g/mol. The predicted octanol–water partition coefficient (Wildman–Crippen LogP) is 2.36. The lowest BCUT2D eigenvalue weighted by Crippen LogP contribution is -2.14. The van der Waals surface area contributed by atoms with Crippen LogP contribution < -0.4 is 4.18 Å². The zero-order valence-corrected chi connectivity index (χ0v) is 14.0. The number of aromatic nitrogens is 2. The Morgan fingerprint density at radius 3 is 2.55 bits per heavy atom. The maximum absolute atomic E-state index is 11.8. The largest absolute Gasteiger partial charge is 0.378 e. The minimum atomic E-state index is -3.63. The number of hydrogen-bond acceptors (Lipinski definition) is 5. The summed E-state index contributed by atoms with van der Waals surface area (Å²) in [6, 6.07) is 7.42. The summed E-state index contributed by atoms with van der Waals surface area (Å²) in [6.45, 7) is 5.75. The van der Waals surface area contributed by atoms with E-state index >= 15 is 0 Å². The summed E-state index contributed by atoms with van der Waals surface area (Å²) in [5.41, 5.74) is 3.47. The van der Waals surface area contributed by atoms with Gasteiger partial charge in [-0.1, -0.05) is 17.7 Å². The fraction of sp³-hybridized carbons (Fsp3) is 0.400. The first-order valence-corrected chi connectivity index (χ1v) is 8.51. The molecule has 120 valence electrons. The molecule has 0 aliphatic carbocycles. The van der Waals surface area contributed by atoms with Crippen molar-refractivity contribution in [2.24, 2.45) is 0 Å². The first kappa shape index (κ1) is 16.5. The van der Waals surface area contributed by atoms with Crippen LogP contribution in [0.1, 0.15) is 23.7 Å². The van der Waals surface area contributed by atoms with Gasteiger partial charge in [0.2, 0.25) is 5.88 Å². The number of benzene rings is 1. The van der Waals surface area contributed by atoms with Gasteiger partial charge in [-0.3, -0.25) is 0 Å². The molecule has 2 aromatic rings. The van der Waals surface area contributed by atoms with Crippen LogP contribution in [0.3, 0.4) is 0 Å². The summed E-state index contributed by atoms with van der Waals surface area (Å²) < 4.78 is 35.2. The number of aryl methyl sites for hydroxylation is 2. The van der Waals surface area contributed by atoms with E-state index in [9.17, 15) is 8.42 Å². The summed E-state index contributed by atoms with van der Waals surface area (Å²) in [4.78, 5) is 0. The quantitative estimate of drug-likeness (QED) is 0.763. The molecule has 0 atom stereocenters.